The van der Waals surface area contributed by atoms with E-state index in [-0.39, 0.29) is 17.9 Å². The zero-order chi connectivity index (χ0) is 16.9. The Labute approximate surface area is 143 Å². The van der Waals surface area contributed by atoms with Crippen molar-refractivity contribution in [2.75, 3.05) is 31.5 Å². The molecule has 0 aromatic carbocycles. The van der Waals surface area contributed by atoms with Crippen molar-refractivity contribution in [3.05, 3.63) is 24.5 Å². The zero-order valence-corrected chi connectivity index (χ0v) is 14.3. The molecule has 0 unspecified atom stereocenters. The van der Waals surface area contributed by atoms with Crippen molar-refractivity contribution in [2.24, 2.45) is 11.8 Å². The lowest BCUT2D eigenvalue weighted by Gasteiger charge is -2.36. The molecule has 24 heavy (non-hydrogen) atoms. The van der Waals surface area contributed by atoms with Crippen molar-refractivity contribution < 1.29 is 9.59 Å². The topological polar surface area (TPSA) is 65.5 Å². The van der Waals surface area contributed by atoms with E-state index < -0.39 is 0 Å². The van der Waals surface area contributed by atoms with Gasteiger partial charge in [0.05, 0.1) is 0 Å². The standard InChI is InChI=1S/C18H26N4O2/c1-14-4-10-21(11-5-14)17(23)15-6-12-22(13-7-15)18(24)20-16-2-8-19-9-3-16/h2-3,8-9,14-15H,4-7,10-13H2,1H3,(H,19,20,24). The number of hydrogen-bond acceptors (Lipinski definition) is 3. The Morgan fingerprint density at radius 2 is 1.58 bits per heavy atom. The molecular weight excluding hydrogens is 304 g/mol. The zero-order valence-electron chi connectivity index (χ0n) is 14.3. The molecule has 6 nitrogen and oxygen atoms in total. The van der Waals surface area contributed by atoms with Crippen molar-refractivity contribution >= 4 is 17.6 Å². The van der Waals surface area contributed by atoms with Crippen LogP contribution in [0.4, 0.5) is 10.5 Å². The number of likely N-dealkylation sites (tertiary alicyclic amines) is 2. The number of anilines is 1. The number of rotatable bonds is 2. The molecule has 2 saturated heterocycles. The van der Waals surface area contributed by atoms with Gasteiger partial charge in [0.1, 0.15) is 0 Å². The van der Waals surface area contributed by atoms with Crippen LogP contribution in [-0.2, 0) is 4.79 Å². The monoisotopic (exact) mass is 330 g/mol. The predicted octanol–water partition coefficient (Wildman–Crippen LogP) is 2.58. The third-order valence-corrected chi connectivity index (χ3v) is 5.16. The summed E-state index contributed by atoms with van der Waals surface area (Å²) in [6.07, 6.45) is 7.04. The summed E-state index contributed by atoms with van der Waals surface area (Å²) in [6, 6.07) is 3.44. The maximum Gasteiger partial charge on any atom is 0.321 e. The van der Waals surface area contributed by atoms with Gasteiger partial charge in [0.25, 0.3) is 0 Å². The average molecular weight is 330 g/mol. The van der Waals surface area contributed by atoms with E-state index in [0.29, 0.717) is 13.1 Å². The number of aromatic nitrogens is 1. The fourth-order valence-corrected chi connectivity index (χ4v) is 3.45. The first-order valence-corrected chi connectivity index (χ1v) is 8.88. The highest BCUT2D eigenvalue weighted by atomic mass is 16.2. The number of urea groups is 1. The molecule has 0 aliphatic carbocycles. The van der Waals surface area contributed by atoms with E-state index in [0.717, 1.165) is 50.4 Å². The third kappa shape index (κ3) is 4.04. The van der Waals surface area contributed by atoms with Crippen LogP contribution in [0, 0.1) is 11.8 Å². The lowest BCUT2D eigenvalue weighted by molar-refractivity contribution is -0.138. The molecule has 2 fully saturated rings. The number of hydrogen-bond donors (Lipinski definition) is 1. The Morgan fingerprint density at radius 1 is 1.00 bits per heavy atom. The van der Waals surface area contributed by atoms with Gasteiger partial charge in [-0.1, -0.05) is 6.92 Å². The summed E-state index contributed by atoms with van der Waals surface area (Å²) in [5, 5.41) is 2.88. The Balaban J connectivity index is 1.47. The third-order valence-electron chi connectivity index (χ3n) is 5.16. The van der Waals surface area contributed by atoms with Crippen LogP contribution in [0.2, 0.25) is 0 Å². The van der Waals surface area contributed by atoms with Gasteiger partial charge in [0.2, 0.25) is 5.91 Å². The van der Waals surface area contributed by atoms with Crippen molar-refractivity contribution in [3.8, 4) is 0 Å². The normalized spacial score (nSPS) is 20.0. The fourth-order valence-electron chi connectivity index (χ4n) is 3.45. The summed E-state index contributed by atoms with van der Waals surface area (Å²) in [5.74, 6) is 1.09. The van der Waals surface area contributed by atoms with Gasteiger partial charge < -0.3 is 15.1 Å². The molecule has 0 atom stereocenters. The van der Waals surface area contributed by atoms with Crippen LogP contribution in [0.15, 0.2) is 24.5 Å². The molecule has 2 aliphatic heterocycles. The molecule has 1 N–H and O–H groups in total. The molecular formula is C18H26N4O2. The largest absolute Gasteiger partial charge is 0.342 e. The fraction of sp³-hybridized carbons (Fsp3) is 0.611. The highest BCUT2D eigenvalue weighted by Gasteiger charge is 2.31. The van der Waals surface area contributed by atoms with Crippen molar-refractivity contribution in [3.63, 3.8) is 0 Å². The number of carbonyl (C=O) groups is 2. The van der Waals surface area contributed by atoms with Gasteiger partial charge in [-0.3, -0.25) is 9.78 Å². The average Bonchev–Trinajstić information content (AvgIpc) is 2.63. The SMILES string of the molecule is CC1CCN(C(=O)C2CCN(C(=O)Nc3ccncc3)CC2)CC1. The minimum Gasteiger partial charge on any atom is -0.342 e. The van der Waals surface area contributed by atoms with E-state index in [1.807, 2.05) is 4.90 Å². The van der Waals surface area contributed by atoms with E-state index in [4.69, 9.17) is 0 Å². The molecule has 0 bridgehead atoms. The van der Waals surface area contributed by atoms with Gasteiger partial charge in [-0.2, -0.15) is 0 Å². The maximum absolute atomic E-state index is 12.6. The number of nitrogens with zero attached hydrogens (tertiary/aromatic N) is 3. The molecule has 1 aromatic rings. The summed E-state index contributed by atoms with van der Waals surface area (Å²) in [7, 11) is 0. The Hall–Kier alpha value is -2.11. The number of piperidine rings is 2. The smallest absolute Gasteiger partial charge is 0.321 e. The molecule has 6 heteroatoms. The van der Waals surface area contributed by atoms with Gasteiger partial charge in [0.15, 0.2) is 0 Å². The summed E-state index contributed by atoms with van der Waals surface area (Å²) in [6.45, 7) is 5.31. The second kappa shape index (κ2) is 7.64. The van der Waals surface area contributed by atoms with Crippen LogP contribution in [-0.4, -0.2) is 52.9 Å². The quantitative estimate of drug-likeness (QED) is 0.906. The van der Waals surface area contributed by atoms with E-state index in [1.54, 1.807) is 29.4 Å². The second-order valence-electron chi connectivity index (χ2n) is 6.94. The first-order valence-electron chi connectivity index (χ1n) is 8.88. The minimum absolute atomic E-state index is 0.0726. The summed E-state index contributed by atoms with van der Waals surface area (Å²) in [5.41, 5.74) is 0.746. The molecule has 3 rings (SSSR count). The number of nitrogens with one attached hydrogen (secondary N) is 1. The number of amides is 3. The van der Waals surface area contributed by atoms with E-state index in [9.17, 15) is 9.59 Å². The molecule has 3 amide bonds. The van der Waals surface area contributed by atoms with Crippen LogP contribution < -0.4 is 5.32 Å². The highest BCUT2D eigenvalue weighted by molar-refractivity contribution is 5.89. The second-order valence-corrected chi connectivity index (χ2v) is 6.94. The van der Waals surface area contributed by atoms with Gasteiger partial charge in [-0.15, -0.1) is 0 Å². The van der Waals surface area contributed by atoms with E-state index >= 15 is 0 Å². The Morgan fingerprint density at radius 3 is 2.21 bits per heavy atom. The lowest BCUT2D eigenvalue weighted by atomic mass is 9.93. The Bertz CT molecular complexity index is 562. The predicted molar refractivity (Wildman–Crippen MR) is 92.5 cm³/mol. The van der Waals surface area contributed by atoms with Crippen LogP contribution in [0.5, 0.6) is 0 Å². The molecule has 0 spiro atoms. The first kappa shape index (κ1) is 16.7. The van der Waals surface area contributed by atoms with Crippen molar-refractivity contribution in [2.45, 2.75) is 32.6 Å². The lowest BCUT2D eigenvalue weighted by Crippen LogP contribution is -2.47. The molecule has 130 valence electrons. The van der Waals surface area contributed by atoms with Gasteiger partial charge in [-0.05, 0) is 43.7 Å². The van der Waals surface area contributed by atoms with E-state index in [2.05, 4.69) is 17.2 Å². The minimum atomic E-state index is -0.0982. The molecule has 1 aromatic heterocycles. The van der Waals surface area contributed by atoms with Gasteiger partial charge in [-0.25, -0.2) is 4.79 Å². The maximum atomic E-state index is 12.6. The highest BCUT2D eigenvalue weighted by Crippen LogP contribution is 2.24. The van der Waals surface area contributed by atoms with E-state index in [1.165, 1.54) is 0 Å². The van der Waals surface area contributed by atoms with Gasteiger partial charge in [0, 0.05) is 50.2 Å². The molecule has 3 heterocycles. The van der Waals surface area contributed by atoms with Crippen LogP contribution >= 0.6 is 0 Å². The summed E-state index contributed by atoms with van der Waals surface area (Å²) >= 11 is 0. The number of carbonyl (C=O) groups excluding carboxylic acids is 2. The van der Waals surface area contributed by atoms with Crippen LogP contribution in [0.3, 0.4) is 0 Å². The van der Waals surface area contributed by atoms with Gasteiger partial charge >= 0.3 is 6.03 Å². The first-order chi connectivity index (χ1) is 11.6. The Kier molecular flexibility index (Phi) is 5.33. The molecule has 0 radical (unpaired) electrons. The van der Waals surface area contributed by atoms with Crippen molar-refractivity contribution in [1.29, 1.82) is 0 Å². The summed E-state index contributed by atoms with van der Waals surface area (Å²) in [4.78, 5) is 32.7. The van der Waals surface area contributed by atoms with Crippen molar-refractivity contribution in [1.82, 2.24) is 14.8 Å². The number of pyridine rings is 1. The molecule has 2 aliphatic rings. The van der Waals surface area contributed by atoms with Crippen LogP contribution in [0.1, 0.15) is 32.6 Å². The summed E-state index contributed by atoms with van der Waals surface area (Å²) < 4.78 is 0. The van der Waals surface area contributed by atoms with Crippen LogP contribution in [0.25, 0.3) is 0 Å². The molecule has 0 saturated carbocycles.